The van der Waals surface area contributed by atoms with Crippen LogP contribution in [0, 0.1) is 0 Å². The molecular weight excluding hydrogens is 448 g/mol. The van der Waals surface area contributed by atoms with Gasteiger partial charge < -0.3 is 15.5 Å². The van der Waals surface area contributed by atoms with Gasteiger partial charge in [-0.3, -0.25) is 9.59 Å². The first kappa shape index (κ1) is 20.5. The number of amides is 2. The molecule has 1 saturated heterocycles. The molecule has 0 bridgehead atoms. The molecule has 1 aliphatic heterocycles. The predicted molar refractivity (Wildman–Crippen MR) is 125 cm³/mol. The summed E-state index contributed by atoms with van der Waals surface area (Å²) < 4.78 is 1.75. The predicted octanol–water partition coefficient (Wildman–Crippen LogP) is 3.84. The third-order valence-corrected chi connectivity index (χ3v) is 6.54. The van der Waals surface area contributed by atoms with Crippen molar-refractivity contribution in [3.63, 3.8) is 0 Å². The molecule has 10 heteroatoms. The highest BCUT2D eigenvalue weighted by molar-refractivity contribution is 7.12. The van der Waals surface area contributed by atoms with Crippen molar-refractivity contribution in [2.24, 2.45) is 0 Å². The monoisotopic (exact) mass is 466 g/mol. The number of hydrogen-bond acceptors (Lipinski definition) is 6. The van der Waals surface area contributed by atoms with Gasteiger partial charge in [-0.05, 0) is 30.3 Å². The summed E-state index contributed by atoms with van der Waals surface area (Å²) in [7, 11) is 1.74. The highest BCUT2D eigenvalue weighted by Gasteiger charge is 2.28. The lowest BCUT2D eigenvalue weighted by molar-refractivity contribution is -0.126. The van der Waals surface area contributed by atoms with E-state index >= 15 is 0 Å². The maximum atomic E-state index is 12.6. The maximum absolute atomic E-state index is 12.6. The Balaban J connectivity index is 1.34. The Kier molecular flexibility index (Phi) is 5.28. The van der Waals surface area contributed by atoms with Crippen LogP contribution in [0.25, 0.3) is 16.7 Å². The number of carbonyl (C=O) groups is 2. The number of para-hydroxylation sites is 1. The molecule has 1 aliphatic rings. The first-order valence-corrected chi connectivity index (χ1v) is 11.2. The normalized spacial score (nSPS) is 16.0. The lowest BCUT2D eigenvalue weighted by Crippen LogP contribution is -2.36. The summed E-state index contributed by atoms with van der Waals surface area (Å²) in [6.45, 7) is 0.531. The quantitative estimate of drug-likeness (QED) is 0.466. The number of rotatable bonds is 5. The fraction of sp³-hybridized carbons (Fsp3) is 0.182. The van der Waals surface area contributed by atoms with Crippen LogP contribution in [0.5, 0.6) is 0 Å². The fourth-order valence-electron chi connectivity index (χ4n) is 3.67. The molecule has 2 amide bonds. The van der Waals surface area contributed by atoms with Gasteiger partial charge in [-0.25, -0.2) is 9.67 Å². The summed E-state index contributed by atoms with van der Waals surface area (Å²) in [5, 5.41) is 13.1. The number of anilines is 2. The molecule has 4 aromatic rings. The number of fused-ring (bicyclic) bond motifs is 1. The average Bonchev–Trinajstić information content (AvgIpc) is 3.48. The Labute approximate surface area is 192 Å². The number of carbonyl (C=O) groups excluding carboxylic acids is 2. The number of nitrogens with zero attached hydrogens (tertiary/aromatic N) is 4. The van der Waals surface area contributed by atoms with E-state index in [0.29, 0.717) is 34.2 Å². The van der Waals surface area contributed by atoms with E-state index in [0.717, 1.165) is 16.9 Å². The van der Waals surface area contributed by atoms with Crippen LogP contribution in [0.2, 0.25) is 5.02 Å². The third-order valence-electron chi connectivity index (χ3n) is 5.29. The number of pyridine rings is 1. The largest absolute Gasteiger partial charge is 0.346 e. The minimum Gasteiger partial charge on any atom is -0.346 e. The molecular formula is C22H19ClN6O2S. The van der Waals surface area contributed by atoms with E-state index in [-0.39, 0.29) is 17.9 Å². The Hall–Kier alpha value is -3.43. The second kappa shape index (κ2) is 8.25. The number of likely N-dealkylation sites (tertiary alicyclic amines) is 1. The van der Waals surface area contributed by atoms with Gasteiger partial charge in [0.15, 0.2) is 0 Å². The van der Waals surface area contributed by atoms with Gasteiger partial charge in [0, 0.05) is 25.4 Å². The minimum absolute atomic E-state index is 0.0427. The molecule has 0 radical (unpaired) electrons. The van der Waals surface area contributed by atoms with Crippen molar-refractivity contribution in [1.82, 2.24) is 25.0 Å². The summed E-state index contributed by atoms with van der Waals surface area (Å²) in [5.74, 6) is 0.517. The number of nitrogens with one attached hydrogen (secondary N) is 2. The topological polar surface area (TPSA) is 92.2 Å². The Bertz CT molecular complexity index is 1330. The van der Waals surface area contributed by atoms with Gasteiger partial charge in [-0.15, -0.1) is 11.3 Å². The molecule has 3 aromatic heterocycles. The molecule has 32 heavy (non-hydrogen) atoms. The minimum atomic E-state index is -0.185. The van der Waals surface area contributed by atoms with E-state index < -0.39 is 0 Å². The third kappa shape index (κ3) is 3.92. The standard InChI is InChI=1S/C22H19ClN6O2S/c1-28-11-13(8-21(28)30)25-22(31)19-9-14(12-32-19)29-18-6-7-20(27-17(18)10-24-29)26-16-5-3-2-4-15(16)23/h2-7,9-10,12-13H,8,11H2,1H3,(H,25,31)(H,26,27). The zero-order chi connectivity index (χ0) is 22.2. The van der Waals surface area contributed by atoms with Crippen LogP contribution in [-0.4, -0.2) is 51.1 Å². The Morgan fingerprint density at radius 3 is 2.88 bits per heavy atom. The van der Waals surface area contributed by atoms with Crippen LogP contribution in [0.15, 0.2) is 54.0 Å². The van der Waals surface area contributed by atoms with Gasteiger partial charge in [0.05, 0.1) is 39.0 Å². The zero-order valence-electron chi connectivity index (χ0n) is 17.1. The molecule has 0 spiro atoms. The van der Waals surface area contributed by atoms with Gasteiger partial charge in [-0.2, -0.15) is 5.10 Å². The van der Waals surface area contributed by atoms with Crippen LogP contribution >= 0.6 is 22.9 Å². The van der Waals surface area contributed by atoms with E-state index in [2.05, 4.69) is 20.7 Å². The second-order valence-corrected chi connectivity index (χ2v) is 8.90. The van der Waals surface area contributed by atoms with Crippen LogP contribution in [0.3, 0.4) is 0 Å². The van der Waals surface area contributed by atoms with Crippen molar-refractivity contribution in [3.8, 4) is 5.69 Å². The summed E-state index contributed by atoms with van der Waals surface area (Å²) in [4.78, 5) is 31.1. The molecule has 1 aromatic carbocycles. The van der Waals surface area contributed by atoms with Crippen molar-refractivity contribution in [2.75, 3.05) is 18.9 Å². The van der Waals surface area contributed by atoms with E-state index in [1.54, 1.807) is 28.9 Å². The molecule has 5 rings (SSSR count). The first-order chi connectivity index (χ1) is 15.5. The van der Waals surface area contributed by atoms with Crippen LogP contribution < -0.4 is 10.6 Å². The second-order valence-electron chi connectivity index (χ2n) is 7.58. The van der Waals surface area contributed by atoms with Crippen molar-refractivity contribution in [2.45, 2.75) is 12.5 Å². The lowest BCUT2D eigenvalue weighted by atomic mass is 10.2. The summed E-state index contributed by atoms with van der Waals surface area (Å²) in [6, 6.07) is 12.9. The number of halogens is 1. The maximum Gasteiger partial charge on any atom is 0.261 e. The highest BCUT2D eigenvalue weighted by atomic mass is 35.5. The molecule has 1 atom stereocenters. The SMILES string of the molecule is CN1CC(NC(=O)c2cc(-n3ncc4nc(Nc5ccccc5Cl)ccc43)cs2)CC1=O. The first-order valence-electron chi connectivity index (χ1n) is 9.98. The number of hydrogen-bond donors (Lipinski definition) is 2. The van der Waals surface area contributed by atoms with Crippen molar-refractivity contribution < 1.29 is 9.59 Å². The smallest absolute Gasteiger partial charge is 0.261 e. The summed E-state index contributed by atoms with van der Waals surface area (Å²) >= 11 is 7.55. The fourth-order valence-corrected chi connectivity index (χ4v) is 4.62. The number of likely N-dealkylation sites (N-methyl/N-ethyl adjacent to an activating group) is 1. The van der Waals surface area contributed by atoms with E-state index in [1.165, 1.54) is 11.3 Å². The lowest BCUT2D eigenvalue weighted by Gasteiger charge is -2.11. The molecule has 4 heterocycles. The molecule has 2 N–H and O–H groups in total. The van der Waals surface area contributed by atoms with Crippen LogP contribution in [-0.2, 0) is 4.79 Å². The van der Waals surface area contributed by atoms with E-state index in [4.69, 9.17) is 11.6 Å². The van der Waals surface area contributed by atoms with Crippen molar-refractivity contribution in [1.29, 1.82) is 0 Å². The van der Waals surface area contributed by atoms with Crippen LogP contribution in [0.4, 0.5) is 11.5 Å². The van der Waals surface area contributed by atoms with E-state index in [9.17, 15) is 9.59 Å². The van der Waals surface area contributed by atoms with Gasteiger partial charge in [-0.1, -0.05) is 23.7 Å². The Morgan fingerprint density at radius 2 is 2.09 bits per heavy atom. The number of benzene rings is 1. The van der Waals surface area contributed by atoms with E-state index in [1.807, 2.05) is 41.8 Å². The van der Waals surface area contributed by atoms with Gasteiger partial charge in [0.1, 0.15) is 11.3 Å². The van der Waals surface area contributed by atoms with Crippen molar-refractivity contribution in [3.05, 3.63) is 63.9 Å². The summed E-state index contributed by atoms with van der Waals surface area (Å²) in [5.41, 5.74) is 3.09. The number of thiophene rings is 1. The summed E-state index contributed by atoms with van der Waals surface area (Å²) in [6.07, 6.45) is 2.02. The molecule has 0 saturated carbocycles. The molecule has 1 unspecified atom stereocenters. The highest BCUT2D eigenvalue weighted by Crippen LogP contribution is 2.27. The molecule has 8 nitrogen and oxygen atoms in total. The number of aromatic nitrogens is 3. The Morgan fingerprint density at radius 1 is 1.25 bits per heavy atom. The molecule has 0 aliphatic carbocycles. The van der Waals surface area contributed by atoms with Crippen LogP contribution in [0.1, 0.15) is 16.1 Å². The van der Waals surface area contributed by atoms with Crippen molar-refractivity contribution >= 4 is 57.3 Å². The molecule has 1 fully saturated rings. The van der Waals surface area contributed by atoms with Gasteiger partial charge in [0.2, 0.25) is 5.91 Å². The van der Waals surface area contributed by atoms with Gasteiger partial charge in [0.25, 0.3) is 5.91 Å². The van der Waals surface area contributed by atoms with Gasteiger partial charge >= 0.3 is 0 Å². The molecule has 162 valence electrons. The average molecular weight is 467 g/mol. The zero-order valence-corrected chi connectivity index (χ0v) is 18.7.